The molecular formula is C23H30N2O2. The predicted octanol–water partition coefficient (Wildman–Crippen LogP) is 5.72. The third-order valence-corrected chi connectivity index (χ3v) is 5.48. The van der Waals surface area contributed by atoms with E-state index >= 15 is 0 Å². The fourth-order valence-corrected chi connectivity index (χ4v) is 3.86. The van der Waals surface area contributed by atoms with Crippen LogP contribution in [0.4, 0.5) is 0 Å². The molecule has 1 aliphatic carbocycles. The number of methoxy groups -OCH3 is 1. The molecule has 4 heteroatoms. The van der Waals surface area contributed by atoms with E-state index in [4.69, 9.17) is 9.84 Å². The van der Waals surface area contributed by atoms with E-state index in [1.807, 2.05) is 55.0 Å². The summed E-state index contributed by atoms with van der Waals surface area (Å²) in [5, 5.41) is 5.67. The summed E-state index contributed by atoms with van der Waals surface area (Å²) >= 11 is 0. The largest absolute Gasteiger partial charge is 0.497 e. The number of rotatable bonds is 7. The molecule has 1 fully saturated rings. The lowest BCUT2D eigenvalue weighted by Crippen LogP contribution is -2.15. The summed E-state index contributed by atoms with van der Waals surface area (Å²) in [6.45, 7) is 4.73. The second-order valence-corrected chi connectivity index (χ2v) is 7.44. The van der Waals surface area contributed by atoms with Crippen LogP contribution in [0.25, 0.3) is 10.9 Å². The Morgan fingerprint density at radius 3 is 2.78 bits per heavy atom. The van der Waals surface area contributed by atoms with Crippen molar-refractivity contribution in [1.82, 2.24) is 9.78 Å². The zero-order valence-corrected chi connectivity index (χ0v) is 16.7. The van der Waals surface area contributed by atoms with E-state index in [1.165, 1.54) is 32.1 Å². The third kappa shape index (κ3) is 4.49. The van der Waals surface area contributed by atoms with Crippen molar-refractivity contribution < 1.29 is 9.53 Å². The van der Waals surface area contributed by atoms with Gasteiger partial charge in [0.25, 0.3) is 0 Å². The van der Waals surface area contributed by atoms with Gasteiger partial charge in [-0.15, -0.1) is 0 Å². The number of ketones is 1. The molecule has 1 aromatic carbocycles. The molecule has 144 valence electrons. The van der Waals surface area contributed by atoms with Crippen molar-refractivity contribution in [3.63, 3.8) is 0 Å². The maximum absolute atomic E-state index is 13.0. The molecule has 27 heavy (non-hydrogen) atoms. The van der Waals surface area contributed by atoms with Crippen LogP contribution < -0.4 is 4.74 Å². The van der Waals surface area contributed by atoms with Crippen LogP contribution in [0.15, 0.2) is 42.0 Å². The highest BCUT2D eigenvalue weighted by molar-refractivity contribution is 6.14. The van der Waals surface area contributed by atoms with E-state index in [9.17, 15) is 4.79 Å². The molecule has 0 radical (unpaired) electrons. The second kappa shape index (κ2) is 9.03. The van der Waals surface area contributed by atoms with Gasteiger partial charge in [0.15, 0.2) is 0 Å². The highest BCUT2D eigenvalue weighted by Gasteiger charge is 2.21. The molecule has 0 spiro atoms. The van der Waals surface area contributed by atoms with Crippen LogP contribution in [0.1, 0.15) is 62.9 Å². The Balaban J connectivity index is 1.97. The van der Waals surface area contributed by atoms with Gasteiger partial charge in [-0.05, 0) is 56.7 Å². The number of benzene rings is 1. The van der Waals surface area contributed by atoms with E-state index in [2.05, 4.69) is 0 Å². The van der Waals surface area contributed by atoms with Crippen molar-refractivity contribution >= 4 is 16.7 Å². The molecular weight excluding hydrogens is 336 g/mol. The second-order valence-electron chi connectivity index (χ2n) is 7.44. The monoisotopic (exact) mass is 366 g/mol. The minimum absolute atomic E-state index is 0.0112. The van der Waals surface area contributed by atoms with E-state index in [-0.39, 0.29) is 5.78 Å². The topological polar surface area (TPSA) is 44.1 Å². The van der Waals surface area contributed by atoms with Crippen LogP contribution in [0.3, 0.4) is 0 Å². The normalized spacial score (nSPS) is 16.3. The van der Waals surface area contributed by atoms with Crippen molar-refractivity contribution in [2.24, 2.45) is 5.92 Å². The fraction of sp³-hybridized carbons (Fsp3) is 0.478. The van der Waals surface area contributed by atoms with Crippen LogP contribution in [0.5, 0.6) is 5.75 Å². The molecule has 0 saturated heterocycles. The zero-order valence-electron chi connectivity index (χ0n) is 16.7. The number of hydrogen-bond acceptors (Lipinski definition) is 3. The van der Waals surface area contributed by atoms with Gasteiger partial charge in [0, 0.05) is 18.0 Å². The van der Waals surface area contributed by atoms with Crippen LogP contribution in [-0.2, 0) is 6.54 Å². The molecule has 0 unspecified atom stereocenters. The van der Waals surface area contributed by atoms with Crippen LogP contribution >= 0.6 is 0 Å². The van der Waals surface area contributed by atoms with Crippen LogP contribution in [0, 0.1) is 5.92 Å². The van der Waals surface area contributed by atoms with Gasteiger partial charge in [0.2, 0.25) is 5.78 Å². The minimum Gasteiger partial charge on any atom is -0.497 e. The summed E-state index contributed by atoms with van der Waals surface area (Å²) in [4.78, 5) is 13.0. The first-order chi connectivity index (χ1) is 13.1. The molecule has 2 aromatic rings. The summed E-state index contributed by atoms with van der Waals surface area (Å²) < 4.78 is 7.43. The minimum atomic E-state index is 0.0112. The van der Waals surface area contributed by atoms with Gasteiger partial charge in [-0.3, -0.25) is 9.48 Å². The quantitative estimate of drug-likeness (QED) is 0.357. The van der Waals surface area contributed by atoms with Gasteiger partial charge in [0.05, 0.1) is 12.6 Å². The molecule has 4 nitrogen and oxygen atoms in total. The molecule has 0 amide bonds. The smallest absolute Gasteiger partial charge is 0.209 e. The Labute approximate surface area is 161 Å². The first-order valence-electron chi connectivity index (χ1n) is 10.0. The Bertz CT molecular complexity index is 855. The van der Waals surface area contributed by atoms with Crippen molar-refractivity contribution in [2.75, 3.05) is 7.11 Å². The molecule has 1 saturated carbocycles. The number of hydrogen-bond donors (Lipinski definition) is 0. The van der Waals surface area contributed by atoms with E-state index < -0.39 is 0 Å². The van der Waals surface area contributed by atoms with Crippen molar-refractivity contribution in [1.29, 1.82) is 0 Å². The first kappa shape index (κ1) is 19.4. The van der Waals surface area contributed by atoms with E-state index in [1.54, 1.807) is 7.11 Å². The Morgan fingerprint density at radius 2 is 2.07 bits per heavy atom. The first-order valence-corrected chi connectivity index (χ1v) is 10.0. The molecule has 1 aliphatic rings. The van der Waals surface area contributed by atoms with Crippen molar-refractivity contribution in [3.05, 3.63) is 47.7 Å². The standard InChI is InChI=1S/C23H30N2O2/c1-4-5-7-10-17(2)23(26)22-20-14-13-19(27-3)15-21(20)25(24-22)16-18-11-8-6-9-12-18/h4-5,10,13-15,18H,6-9,11-12,16H2,1-3H3/b5-4-,17-10+. The molecule has 0 atom stereocenters. The Hall–Kier alpha value is -2.36. The molecule has 1 aromatic heterocycles. The fourth-order valence-electron chi connectivity index (χ4n) is 3.86. The third-order valence-electron chi connectivity index (χ3n) is 5.48. The van der Waals surface area contributed by atoms with Crippen LogP contribution in [-0.4, -0.2) is 22.7 Å². The molecule has 3 rings (SSSR count). The van der Waals surface area contributed by atoms with Gasteiger partial charge in [0.1, 0.15) is 11.4 Å². The van der Waals surface area contributed by atoms with Crippen LogP contribution in [0.2, 0.25) is 0 Å². The van der Waals surface area contributed by atoms with E-state index in [0.29, 0.717) is 11.6 Å². The SMILES string of the molecule is C/C=C\C/C=C(\C)C(=O)c1nn(CC2CCCCC2)c2cc(OC)ccc12. The molecule has 0 aliphatic heterocycles. The summed E-state index contributed by atoms with van der Waals surface area (Å²) in [6.07, 6.45) is 13.2. The number of ether oxygens (including phenoxy) is 1. The van der Waals surface area contributed by atoms with Crippen molar-refractivity contribution in [2.45, 2.75) is 58.9 Å². The number of carbonyl (C=O) groups is 1. The number of Topliss-reactive ketones (excluding diaryl/α,β-unsaturated/α-hetero) is 1. The highest BCUT2D eigenvalue weighted by atomic mass is 16.5. The predicted molar refractivity (Wildman–Crippen MR) is 110 cm³/mol. The lowest BCUT2D eigenvalue weighted by molar-refractivity contribution is 0.103. The number of aromatic nitrogens is 2. The summed E-state index contributed by atoms with van der Waals surface area (Å²) in [7, 11) is 1.67. The number of carbonyl (C=O) groups excluding carboxylic acids is 1. The summed E-state index contributed by atoms with van der Waals surface area (Å²) in [6, 6.07) is 5.87. The zero-order chi connectivity index (χ0) is 19.2. The highest BCUT2D eigenvalue weighted by Crippen LogP contribution is 2.29. The number of fused-ring (bicyclic) bond motifs is 1. The average Bonchev–Trinajstić information content (AvgIpc) is 3.05. The number of allylic oxidation sites excluding steroid dienone is 4. The lowest BCUT2D eigenvalue weighted by Gasteiger charge is -2.21. The number of nitrogens with zero attached hydrogens (tertiary/aromatic N) is 2. The van der Waals surface area contributed by atoms with Gasteiger partial charge in [-0.1, -0.05) is 37.5 Å². The summed E-state index contributed by atoms with van der Waals surface area (Å²) in [5.41, 5.74) is 2.29. The van der Waals surface area contributed by atoms with Gasteiger partial charge in [-0.2, -0.15) is 5.10 Å². The molecule has 0 bridgehead atoms. The van der Waals surface area contributed by atoms with Gasteiger partial charge >= 0.3 is 0 Å². The maximum Gasteiger partial charge on any atom is 0.209 e. The Morgan fingerprint density at radius 1 is 1.30 bits per heavy atom. The summed E-state index contributed by atoms with van der Waals surface area (Å²) in [5.74, 6) is 1.45. The van der Waals surface area contributed by atoms with E-state index in [0.717, 1.165) is 35.2 Å². The van der Waals surface area contributed by atoms with Gasteiger partial charge in [-0.25, -0.2) is 0 Å². The lowest BCUT2D eigenvalue weighted by atomic mass is 9.89. The maximum atomic E-state index is 13.0. The average molecular weight is 367 g/mol. The molecule has 1 heterocycles. The molecule has 0 N–H and O–H groups in total. The Kier molecular flexibility index (Phi) is 6.49. The van der Waals surface area contributed by atoms with Gasteiger partial charge < -0.3 is 4.74 Å². The van der Waals surface area contributed by atoms with Crippen molar-refractivity contribution in [3.8, 4) is 5.75 Å².